The Hall–Kier alpha value is -0.340. The van der Waals surface area contributed by atoms with Gasteiger partial charge in [0.2, 0.25) is 0 Å². The van der Waals surface area contributed by atoms with Crippen molar-refractivity contribution in [2.75, 3.05) is 6.61 Å². The van der Waals surface area contributed by atoms with Crippen molar-refractivity contribution >= 4 is 0 Å². The fourth-order valence-corrected chi connectivity index (χ4v) is 1.39. The Morgan fingerprint density at radius 1 is 1.54 bits per heavy atom. The zero-order valence-corrected chi connectivity index (χ0v) is 9.39. The number of hydrogen-bond acceptors (Lipinski definition) is 2. The largest absolute Gasteiger partial charge is 0.374 e. The molecule has 0 radical (unpaired) electrons. The summed E-state index contributed by atoms with van der Waals surface area (Å²) in [5.41, 5.74) is 6.98. The molecule has 0 rings (SSSR count). The van der Waals surface area contributed by atoms with Gasteiger partial charge in [-0.05, 0) is 33.6 Å². The summed E-state index contributed by atoms with van der Waals surface area (Å²) in [7, 11) is 0. The summed E-state index contributed by atoms with van der Waals surface area (Å²) in [6, 6.07) is 0.0509. The van der Waals surface area contributed by atoms with Gasteiger partial charge in [0.05, 0.1) is 5.60 Å². The zero-order valence-electron chi connectivity index (χ0n) is 9.39. The molecule has 2 unspecified atom stereocenters. The first-order valence-corrected chi connectivity index (χ1v) is 5.00. The molecule has 2 heteroatoms. The summed E-state index contributed by atoms with van der Waals surface area (Å²) in [5.74, 6) is 0. The van der Waals surface area contributed by atoms with Crippen molar-refractivity contribution in [3.63, 3.8) is 0 Å². The van der Waals surface area contributed by atoms with Crippen LogP contribution in [-0.4, -0.2) is 18.2 Å². The predicted molar refractivity (Wildman–Crippen MR) is 57.7 cm³/mol. The van der Waals surface area contributed by atoms with Gasteiger partial charge >= 0.3 is 0 Å². The number of nitrogens with two attached hydrogens (primary N) is 1. The Labute approximate surface area is 82.2 Å². The summed E-state index contributed by atoms with van der Waals surface area (Å²) in [4.78, 5) is 0. The molecule has 0 saturated heterocycles. The number of rotatable bonds is 6. The molecule has 2 atom stereocenters. The zero-order chi connectivity index (χ0) is 10.5. The van der Waals surface area contributed by atoms with Gasteiger partial charge in [-0.2, -0.15) is 0 Å². The van der Waals surface area contributed by atoms with Crippen LogP contribution < -0.4 is 5.73 Å². The molecule has 0 bridgehead atoms. The van der Waals surface area contributed by atoms with E-state index in [4.69, 9.17) is 10.5 Å². The van der Waals surface area contributed by atoms with Gasteiger partial charge in [0.1, 0.15) is 0 Å². The van der Waals surface area contributed by atoms with E-state index in [-0.39, 0.29) is 11.6 Å². The third-order valence-electron chi connectivity index (χ3n) is 2.53. The van der Waals surface area contributed by atoms with Crippen molar-refractivity contribution in [1.29, 1.82) is 0 Å². The highest BCUT2D eigenvalue weighted by atomic mass is 16.5. The van der Waals surface area contributed by atoms with E-state index in [1.165, 1.54) is 0 Å². The van der Waals surface area contributed by atoms with Crippen LogP contribution in [0.25, 0.3) is 0 Å². The van der Waals surface area contributed by atoms with E-state index in [1.54, 1.807) is 0 Å². The molecule has 2 N–H and O–H groups in total. The van der Waals surface area contributed by atoms with Crippen molar-refractivity contribution < 1.29 is 4.74 Å². The minimum atomic E-state index is -0.201. The first-order valence-electron chi connectivity index (χ1n) is 5.00. The van der Waals surface area contributed by atoms with Gasteiger partial charge in [-0.25, -0.2) is 0 Å². The van der Waals surface area contributed by atoms with Crippen LogP contribution in [0.5, 0.6) is 0 Å². The quantitative estimate of drug-likeness (QED) is 0.645. The van der Waals surface area contributed by atoms with Crippen LogP contribution in [0.4, 0.5) is 0 Å². The molecular formula is C11H23NO. The highest BCUT2D eigenvalue weighted by Crippen LogP contribution is 2.22. The lowest BCUT2D eigenvalue weighted by atomic mass is 9.89. The summed E-state index contributed by atoms with van der Waals surface area (Å²) in [6.45, 7) is 12.8. The fraction of sp³-hybridized carbons (Fsp3) is 0.818. The van der Waals surface area contributed by atoms with Gasteiger partial charge in [0.15, 0.2) is 0 Å². The normalized spacial score (nSPS) is 17.9. The van der Waals surface area contributed by atoms with Crippen LogP contribution in [0.2, 0.25) is 0 Å². The van der Waals surface area contributed by atoms with E-state index in [9.17, 15) is 0 Å². The average molecular weight is 185 g/mol. The molecule has 0 aromatic heterocycles. The van der Waals surface area contributed by atoms with Gasteiger partial charge in [-0.15, -0.1) is 6.58 Å². The molecule has 0 fully saturated rings. The first kappa shape index (κ1) is 12.7. The lowest BCUT2D eigenvalue weighted by Crippen LogP contribution is -2.47. The van der Waals surface area contributed by atoms with Crippen molar-refractivity contribution in [3.05, 3.63) is 12.2 Å². The van der Waals surface area contributed by atoms with E-state index in [0.29, 0.717) is 6.61 Å². The lowest BCUT2D eigenvalue weighted by Gasteiger charge is -2.34. The van der Waals surface area contributed by atoms with Gasteiger partial charge in [0.25, 0.3) is 0 Å². The first-order chi connectivity index (χ1) is 5.96. The molecule has 0 amide bonds. The molecule has 0 aliphatic rings. The smallest absolute Gasteiger partial charge is 0.0805 e. The highest BCUT2D eigenvalue weighted by molar-refractivity contribution is 4.98. The maximum absolute atomic E-state index is 6.06. The maximum atomic E-state index is 6.06. The molecule has 13 heavy (non-hydrogen) atoms. The lowest BCUT2D eigenvalue weighted by molar-refractivity contribution is -0.0461. The second-order valence-corrected chi connectivity index (χ2v) is 3.87. The minimum absolute atomic E-state index is 0.0509. The van der Waals surface area contributed by atoms with E-state index < -0.39 is 0 Å². The molecule has 78 valence electrons. The van der Waals surface area contributed by atoms with Crippen LogP contribution in [0.3, 0.4) is 0 Å². The standard InChI is InChI=1S/C11H23NO/c1-6-11(5,13-7-2)10(12)8-9(3)4/h10H,3,6-8,12H2,1-2,4-5H3. The summed E-state index contributed by atoms with van der Waals surface area (Å²) in [5, 5.41) is 0. The molecule has 0 aliphatic carbocycles. The van der Waals surface area contributed by atoms with E-state index >= 15 is 0 Å². The van der Waals surface area contributed by atoms with Crippen LogP contribution in [0, 0.1) is 0 Å². The Morgan fingerprint density at radius 2 is 2.08 bits per heavy atom. The van der Waals surface area contributed by atoms with Crippen molar-refractivity contribution in [2.24, 2.45) is 5.73 Å². The van der Waals surface area contributed by atoms with Crippen molar-refractivity contribution in [2.45, 2.75) is 52.2 Å². The monoisotopic (exact) mass is 185 g/mol. The molecular weight excluding hydrogens is 162 g/mol. The number of ether oxygens (including phenoxy) is 1. The second kappa shape index (κ2) is 5.40. The maximum Gasteiger partial charge on any atom is 0.0805 e. The van der Waals surface area contributed by atoms with Gasteiger partial charge < -0.3 is 10.5 Å². The van der Waals surface area contributed by atoms with E-state index in [1.807, 2.05) is 13.8 Å². The highest BCUT2D eigenvalue weighted by Gasteiger charge is 2.29. The molecule has 2 nitrogen and oxygen atoms in total. The van der Waals surface area contributed by atoms with E-state index in [2.05, 4.69) is 20.4 Å². The molecule has 0 aromatic carbocycles. The molecule has 0 saturated carbocycles. The minimum Gasteiger partial charge on any atom is -0.374 e. The van der Waals surface area contributed by atoms with Crippen molar-refractivity contribution in [3.8, 4) is 0 Å². The number of hydrogen-bond donors (Lipinski definition) is 1. The molecule has 0 aliphatic heterocycles. The van der Waals surface area contributed by atoms with Crippen LogP contribution in [0.15, 0.2) is 12.2 Å². The Bertz CT molecular complexity index is 167. The molecule has 0 aromatic rings. The Balaban J connectivity index is 4.27. The SMILES string of the molecule is C=C(C)CC(N)C(C)(CC)OCC. The average Bonchev–Trinajstić information content (AvgIpc) is 2.03. The van der Waals surface area contributed by atoms with Gasteiger partial charge in [-0.3, -0.25) is 0 Å². The third kappa shape index (κ3) is 3.92. The van der Waals surface area contributed by atoms with Crippen LogP contribution in [-0.2, 0) is 4.74 Å². The Kier molecular flexibility index (Phi) is 5.26. The topological polar surface area (TPSA) is 35.2 Å². The summed E-state index contributed by atoms with van der Waals surface area (Å²) >= 11 is 0. The third-order valence-corrected chi connectivity index (χ3v) is 2.53. The van der Waals surface area contributed by atoms with Gasteiger partial charge in [-0.1, -0.05) is 12.5 Å². The molecule has 0 heterocycles. The van der Waals surface area contributed by atoms with Crippen LogP contribution in [0.1, 0.15) is 40.5 Å². The summed E-state index contributed by atoms with van der Waals surface area (Å²) in [6.07, 6.45) is 1.78. The molecule has 0 spiro atoms. The second-order valence-electron chi connectivity index (χ2n) is 3.87. The fourth-order valence-electron chi connectivity index (χ4n) is 1.39. The van der Waals surface area contributed by atoms with E-state index in [0.717, 1.165) is 18.4 Å². The summed E-state index contributed by atoms with van der Waals surface area (Å²) < 4.78 is 5.68. The van der Waals surface area contributed by atoms with Crippen LogP contribution >= 0.6 is 0 Å². The predicted octanol–water partition coefficient (Wildman–Crippen LogP) is 2.49. The van der Waals surface area contributed by atoms with Gasteiger partial charge in [0, 0.05) is 12.6 Å². The van der Waals surface area contributed by atoms with Crippen molar-refractivity contribution in [1.82, 2.24) is 0 Å². The Morgan fingerprint density at radius 3 is 2.38 bits per heavy atom.